The zero-order valence-electron chi connectivity index (χ0n) is 15.7. The smallest absolute Gasteiger partial charge is 0.338 e. The normalized spacial score (nSPS) is 11.5. The van der Waals surface area contributed by atoms with Gasteiger partial charge in [0, 0.05) is 0 Å². The number of ether oxygens (including phenoxy) is 2. The standard InChI is InChI=1S/C21H25NO4/c1-5-16-7-10-17(11-8-16)15(3)22-20(23)13-26-21(24)18-9-6-14(2)19(12-18)25-4/h6-12,15H,5,13H2,1-4H3,(H,22,23)/t15-/m1/s1. The molecular weight excluding hydrogens is 330 g/mol. The maximum atomic E-state index is 12.1. The van der Waals surface area contributed by atoms with Crippen LogP contribution >= 0.6 is 0 Å². The van der Waals surface area contributed by atoms with Gasteiger partial charge in [-0.15, -0.1) is 0 Å². The highest BCUT2D eigenvalue weighted by Gasteiger charge is 2.14. The highest BCUT2D eigenvalue weighted by Crippen LogP contribution is 2.19. The minimum absolute atomic E-state index is 0.161. The van der Waals surface area contributed by atoms with E-state index in [0.717, 1.165) is 17.5 Å². The van der Waals surface area contributed by atoms with Crippen molar-refractivity contribution in [2.75, 3.05) is 13.7 Å². The van der Waals surface area contributed by atoms with E-state index in [4.69, 9.17) is 9.47 Å². The summed E-state index contributed by atoms with van der Waals surface area (Å²) in [6.07, 6.45) is 0.973. The summed E-state index contributed by atoms with van der Waals surface area (Å²) in [4.78, 5) is 24.1. The maximum Gasteiger partial charge on any atom is 0.338 e. The second-order valence-electron chi connectivity index (χ2n) is 6.14. The molecule has 0 aliphatic heterocycles. The first kappa shape index (κ1) is 19.5. The van der Waals surface area contributed by atoms with Crippen molar-refractivity contribution >= 4 is 11.9 Å². The first-order chi connectivity index (χ1) is 12.4. The third kappa shape index (κ3) is 5.09. The van der Waals surface area contributed by atoms with Crippen LogP contribution in [0.2, 0.25) is 0 Å². The number of nitrogens with one attached hydrogen (secondary N) is 1. The third-order valence-corrected chi connectivity index (χ3v) is 4.24. The topological polar surface area (TPSA) is 64.6 Å². The predicted molar refractivity (Wildman–Crippen MR) is 100 cm³/mol. The Bertz CT molecular complexity index is 768. The van der Waals surface area contributed by atoms with Crippen LogP contribution in [0.1, 0.15) is 46.9 Å². The molecule has 0 aromatic heterocycles. The number of hydrogen-bond acceptors (Lipinski definition) is 4. The molecule has 5 heteroatoms. The Morgan fingerprint density at radius 1 is 1.12 bits per heavy atom. The maximum absolute atomic E-state index is 12.1. The number of methoxy groups -OCH3 is 1. The van der Waals surface area contributed by atoms with Gasteiger partial charge in [-0.3, -0.25) is 4.79 Å². The van der Waals surface area contributed by atoms with Crippen LogP contribution in [0, 0.1) is 6.92 Å². The molecule has 1 atom stereocenters. The molecule has 138 valence electrons. The van der Waals surface area contributed by atoms with Crippen LogP contribution in [0.3, 0.4) is 0 Å². The van der Waals surface area contributed by atoms with E-state index in [2.05, 4.69) is 12.2 Å². The number of benzene rings is 2. The summed E-state index contributed by atoms with van der Waals surface area (Å²) < 4.78 is 10.3. The Morgan fingerprint density at radius 3 is 2.42 bits per heavy atom. The van der Waals surface area contributed by atoms with Crippen molar-refractivity contribution in [2.45, 2.75) is 33.2 Å². The van der Waals surface area contributed by atoms with Crippen molar-refractivity contribution in [3.05, 3.63) is 64.7 Å². The van der Waals surface area contributed by atoms with E-state index in [1.54, 1.807) is 25.3 Å². The highest BCUT2D eigenvalue weighted by atomic mass is 16.5. The van der Waals surface area contributed by atoms with Crippen LogP contribution in [-0.2, 0) is 16.0 Å². The molecule has 5 nitrogen and oxygen atoms in total. The minimum Gasteiger partial charge on any atom is -0.496 e. The van der Waals surface area contributed by atoms with Crippen molar-refractivity contribution in [2.24, 2.45) is 0 Å². The van der Waals surface area contributed by atoms with Gasteiger partial charge >= 0.3 is 5.97 Å². The fraction of sp³-hybridized carbons (Fsp3) is 0.333. The van der Waals surface area contributed by atoms with Gasteiger partial charge in [0.15, 0.2) is 6.61 Å². The molecule has 0 radical (unpaired) electrons. The van der Waals surface area contributed by atoms with Crippen LogP contribution in [0.4, 0.5) is 0 Å². The second kappa shape index (κ2) is 9.04. The average Bonchev–Trinajstić information content (AvgIpc) is 2.66. The van der Waals surface area contributed by atoms with Crippen LogP contribution in [-0.4, -0.2) is 25.6 Å². The summed E-state index contributed by atoms with van der Waals surface area (Å²) >= 11 is 0. The number of carbonyl (C=O) groups excluding carboxylic acids is 2. The van der Waals surface area contributed by atoms with Gasteiger partial charge in [0.1, 0.15) is 5.75 Å². The van der Waals surface area contributed by atoms with Gasteiger partial charge in [0.05, 0.1) is 18.7 Å². The Hall–Kier alpha value is -2.82. The van der Waals surface area contributed by atoms with Crippen LogP contribution in [0.15, 0.2) is 42.5 Å². The number of hydrogen-bond donors (Lipinski definition) is 1. The van der Waals surface area contributed by atoms with E-state index in [-0.39, 0.29) is 18.6 Å². The van der Waals surface area contributed by atoms with E-state index in [1.807, 2.05) is 38.1 Å². The molecule has 0 bridgehead atoms. The first-order valence-corrected chi connectivity index (χ1v) is 8.64. The van der Waals surface area contributed by atoms with E-state index < -0.39 is 5.97 Å². The largest absolute Gasteiger partial charge is 0.496 e. The van der Waals surface area contributed by atoms with Gasteiger partial charge in [-0.25, -0.2) is 4.79 Å². The Balaban J connectivity index is 1.88. The van der Waals surface area contributed by atoms with Crippen molar-refractivity contribution in [3.63, 3.8) is 0 Å². The molecule has 0 fully saturated rings. The molecule has 2 aromatic rings. The third-order valence-electron chi connectivity index (χ3n) is 4.24. The van der Waals surface area contributed by atoms with Gasteiger partial charge in [0.25, 0.3) is 5.91 Å². The monoisotopic (exact) mass is 355 g/mol. The molecule has 0 unspecified atom stereocenters. The van der Waals surface area contributed by atoms with Gasteiger partial charge in [-0.1, -0.05) is 37.3 Å². The Labute approximate surface area is 154 Å². The van der Waals surface area contributed by atoms with Gasteiger partial charge in [-0.2, -0.15) is 0 Å². The fourth-order valence-electron chi connectivity index (χ4n) is 2.57. The summed E-state index contributed by atoms with van der Waals surface area (Å²) in [6.45, 7) is 5.55. The van der Waals surface area contributed by atoms with Gasteiger partial charge in [-0.05, 0) is 49.1 Å². The molecule has 0 saturated carbocycles. The fourth-order valence-corrected chi connectivity index (χ4v) is 2.57. The lowest BCUT2D eigenvalue weighted by Crippen LogP contribution is -2.31. The molecule has 1 amide bonds. The number of carbonyl (C=O) groups is 2. The Kier molecular flexibility index (Phi) is 6.78. The summed E-state index contributed by atoms with van der Waals surface area (Å²) in [6, 6.07) is 12.9. The lowest BCUT2D eigenvalue weighted by Gasteiger charge is -2.15. The Morgan fingerprint density at radius 2 is 1.81 bits per heavy atom. The van der Waals surface area contributed by atoms with Crippen LogP contribution < -0.4 is 10.1 Å². The SMILES string of the molecule is CCc1ccc([C@@H](C)NC(=O)COC(=O)c2ccc(C)c(OC)c2)cc1. The van der Waals surface area contributed by atoms with Crippen LogP contribution in [0.25, 0.3) is 0 Å². The van der Waals surface area contributed by atoms with E-state index >= 15 is 0 Å². The summed E-state index contributed by atoms with van der Waals surface area (Å²) in [5.74, 6) is -0.295. The van der Waals surface area contributed by atoms with Crippen molar-refractivity contribution in [1.82, 2.24) is 5.32 Å². The predicted octanol–water partition coefficient (Wildman–Crippen LogP) is 3.60. The summed E-state index contributed by atoms with van der Waals surface area (Å²) in [5, 5.41) is 2.83. The summed E-state index contributed by atoms with van der Waals surface area (Å²) in [5.41, 5.74) is 3.52. The molecule has 0 aliphatic rings. The van der Waals surface area contributed by atoms with E-state index in [0.29, 0.717) is 11.3 Å². The van der Waals surface area contributed by atoms with Gasteiger partial charge < -0.3 is 14.8 Å². The second-order valence-corrected chi connectivity index (χ2v) is 6.14. The number of esters is 1. The minimum atomic E-state index is -0.557. The zero-order valence-corrected chi connectivity index (χ0v) is 15.7. The summed E-state index contributed by atoms with van der Waals surface area (Å²) in [7, 11) is 1.54. The van der Waals surface area contributed by atoms with E-state index in [9.17, 15) is 9.59 Å². The van der Waals surface area contributed by atoms with Crippen molar-refractivity contribution in [1.29, 1.82) is 0 Å². The highest BCUT2D eigenvalue weighted by molar-refractivity contribution is 5.91. The molecule has 1 N–H and O–H groups in total. The molecule has 0 saturated heterocycles. The lowest BCUT2D eigenvalue weighted by molar-refractivity contribution is -0.124. The van der Waals surface area contributed by atoms with Crippen LogP contribution in [0.5, 0.6) is 5.75 Å². The number of amides is 1. The molecule has 0 heterocycles. The molecule has 0 aliphatic carbocycles. The number of rotatable bonds is 7. The van der Waals surface area contributed by atoms with Gasteiger partial charge in [0.2, 0.25) is 0 Å². The molecule has 26 heavy (non-hydrogen) atoms. The van der Waals surface area contributed by atoms with Crippen molar-refractivity contribution < 1.29 is 19.1 Å². The molecule has 2 aromatic carbocycles. The molecule has 2 rings (SSSR count). The lowest BCUT2D eigenvalue weighted by atomic mass is 10.1. The molecule has 0 spiro atoms. The number of aryl methyl sites for hydroxylation is 2. The quantitative estimate of drug-likeness (QED) is 0.771. The van der Waals surface area contributed by atoms with Crippen molar-refractivity contribution in [3.8, 4) is 5.75 Å². The van der Waals surface area contributed by atoms with E-state index in [1.165, 1.54) is 5.56 Å². The molecular formula is C21H25NO4. The first-order valence-electron chi connectivity index (χ1n) is 8.64. The zero-order chi connectivity index (χ0) is 19.1. The average molecular weight is 355 g/mol.